The van der Waals surface area contributed by atoms with Crippen LogP contribution in [-0.2, 0) is 16.0 Å². The summed E-state index contributed by atoms with van der Waals surface area (Å²) in [6.45, 7) is 9.53. The van der Waals surface area contributed by atoms with Crippen LogP contribution in [0.3, 0.4) is 0 Å². The summed E-state index contributed by atoms with van der Waals surface area (Å²) in [5, 5.41) is 12.6. The van der Waals surface area contributed by atoms with Crippen LogP contribution >= 0.6 is 0 Å². The molecule has 31 heavy (non-hydrogen) atoms. The van der Waals surface area contributed by atoms with Crippen molar-refractivity contribution in [1.29, 1.82) is 0 Å². The van der Waals surface area contributed by atoms with E-state index in [2.05, 4.69) is 5.01 Å². The lowest BCUT2D eigenvalue weighted by molar-refractivity contribution is 0.0523. The Bertz CT molecular complexity index is 1020. The molecule has 0 saturated heterocycles. The van der Waals surface area contributed by atoms with Gasteiger partial charge in [-0.3, -0.25) is 9.47 Å². The third-order valence-electron chi connectivity index (χ3n) is 5.09. The number of carbonyl (C=O) groups is 1. The highest BCUT2D eigenvalue weighted by Crippen LogP contribution is 2.39. The molecule has 1 aliphatic heterocycles. The standard InChI is InChI=1S/C23H30N2O6/c1-6-30-22(28)17-14-24-18(12-19(17)26)16-11-20(27)21(31-9-7-8-29-5)10-15(16)13-25(24)23(2,3)4/h10-12,14,27H,6-9,13H2,1-5H3. The normalized spacial score (nSPS) is 12.9. The first-order chi connectivity index (χ1) is 14.7. The van der Waals surface area contributed by atoms with Gasteiger partial charge in [-0.15, -0.1) is 0 Å². The van der Waals surface area contributed by atoms with E-state index < -0.39 is 11.4 Å². The van der Waals surface area contributed by atoms with E-state index in [-0.39, 0.29) is 23.5 Å². The second-order valence-electron chi connectivity index (χ2n) is 8.40. The van der Waals surface area contributed by atoms with Gasteiger partial charge in [0.05, 0.1) is 25.5 Å². The number of phenolic OH excluding ortho intramolecular Hbond substituents is 1. The second-order valence-corrected chi connectivity index (χ2v) is 8.40. The lowest BCUT2D eigenvalue weighted by Crippen LogP contribution is -2.51. The number of pyridine rings is 1. The largest absolute Gasteiger partial charge is 0.504 e. The molecule has 0 radical (unpaired) electrons. The third-order valence-corrected chi connectivity index (χ3v) is 5.09. The van der Waals surface area contributed by atoms with Crippen molar-refractivity contribution >= 4 is 5.97 Å². The van der Waals surface area contributed by atoms with Crippen molar-refractivity contribution in [3.8, 4) is 22.8 Å². The van der Waals surface area contributed by atoms with Crippen molar-refractivity contribution < 1.29 is 24.1 Å². The molecule has 1 aromatic carbocycles. The number of ether oxygens (including phenoxy) is 3. The first kappa shape index (κ1) is 22.7. The number of carbonyl (C=O) groups excluding carboxylic acids is 1. The number of hydrogen-bond acceptors (Lipinski definition) is 7. The van der Waals surface area contributed by atoms with Crippen LogP contribution in [-0.4, -0.2) is 48.2 Å². The van der Waals surface area contributed by atoms with Crippen LogP contribution in [0.2, 0.25) is 0 Å². The molecule has 8 nitrogen and oxygen atoms in total. The molecule has 0 amide bonds. The molecule has 1 N–H and O–H groups in total. The van der Waals surface area contributed by atoms with Gasteiger partial charge in [-0.25, -0.2) is 4.79 Å². The highest BCUT2D eigenvalue weighted by molar-refractivity contribution is 5.89. The molecule has 0 fully saturated rings. The number of phenols is 1. The summed E-state index contributed by atoms with van der Waals surface area (Å²) in [5.74, 6) is -0.262. The molecule has 0 bridgehead atoms. The maximum absolute atomic E-state index is 12.7. The van der Waals surface area contributed by atoms with Crippen molar-refractivity contribution in [3.05, 3.63) is 45.7 Å². The highest BCUT2D eigenvalue weighted by Gasteiger charge is 2.31. The number of hydrogen-bond donors (Lipinski definition) is 1. The molecule has 0 atom stereocenters. The number of esters is 1. The molecule has 0 spiro atoms. The topological polar surface area (TPSA) is 90.2 Å². The fourth-order valence-corrected chi connectivity index (χ4v) is 3.57. The Morgan fingerprint density at radius 3 is 2.58 bits per heavy atom. The third kappa shape index (κ3) is 4.69. The molecule has 1 aliphatic rings. The average molecular weight is 431 g/mol. The fourth-order valence-electron chi connectivity index (χ4n) is 3.57. The first-order valence-corrected chi connectivity index (χ1v) is 10.4. The van der Waals surface area contributed by atoms with Gasteiger partial charge in [-0.2, -0.15) is 0 Å². The van der Waals surface area contributed by atoms with E-state index in [1.807, 2.05) is 26.8 Å². The van der Waals surface area contributed by atoms with Crippen LogP contribution < -0.4 is 15.2 Å². The molecular weight excluding hydrogens is 400 g/mol. The van der Waals surface area contributed by atoms with Gasteiger partial charge in [0.2, 0.25) is 0 Å². The molecule has 0 unspecified atom stereocenters. The lowest BCUT2D eigenvalue weighted by atomic mass is 9.97. The van der Waals surface area contributed by atoms with E-state index in [0.29, 0.717) is 37.6 Å². The molecule has 3 rings (SSSR count). The Hall–Kier alpha value is -3.00. The van der Waals surface area contributed by atoms with E-state index in [1.165, 1.54) is 12.3 Å². The molecule has 168 valence electrons. The van der Waals surface area contributed by atoms with E-state index in [0.717, 1.165) is 11.1 Å². The Balaban J connectivity index is 2.09. The molecule has 8 heteroatoms. The van der Waals surface area contributed by atoms with Crippen molar-refractivity contribution in [2.75, 3.05) is 31.9 Å². The van der Waals surface area contributed by atoms with Crippen molar-refractivity contribution in [2.24, 2.45) is 0 Å². The number of rotatable bonds is 7. The average Bonchev–Trinajstić information content (AvgIpc) is 2.70. The minimum atomic E-state index is -0.648. The van der Waals surface area contributed by atoms with Gasteiger partial charge in [0, 0.05) is 43.5 Å². The van der Waals surface area contributed by atoms with E-state index in [4.69, 9.17) is 14.2 Å². The summed E-state index contributed by atoms with van der Waals surface area (Å²) in [7, 11) is 1.63. The Kier molecular flexibility index (Phi) is 6.59. The van der Waals surface area contributed by atoms with Crippen molar-refractivity contribution in [3.63, 3.8) is 0 Å². The smallest absolute Gasteiger partial charge is 0.343 e. The number of methoxy groups -OCH3 is 1. The van der Waals surface area contributed by atoms with Crippen LogP contribution in [0.1, 0.15) is 50.0 Å². The maximum Gasteiger partial charge on any atom is 0.343 e. The fraction of sp³-hybridized carbons (Fsp3) is 0.478. The number of aromatic hydroxyl groups is 1. The predicted octanol–water partition coefficient (Wildman–Crippen LogP) is 3.06. The van der Waals surface area contributed by atoms with Gasteiger partial charge in [-0.05, 0) is 45.4 Å². The van der Waals surface area contributed by atoms with Crippen LogP contribution in [0.4, 0.5) is 0 Å². The zero-order chi connectivity index (χ0) is 22.8. The lowest BCUT2D eigenvalue weighted by Gasteiger charge is -2.43. The summed E-state index contributed by atoms with van der Waals surface area (Å²) in [4.78, 5) is 25.0. The zero-order valence-corrected chi connectivity index (χ0v) is 18.7. The molecule has 1 aromatic heterocycles. The summed E-state index contributed by atoms with van der Waals surface area (Å²) in [5.41, 5.74) is 1.46. The van der Waals surface area contributed by atoms with E-state index >= 15 is 0 Å². The summed E-state index contributed by atoms with van der Waals surface area (Å²) in [6, 6.07) is 4.83. The Labute approximate surface area is 181 Å². The maximum atomic E-state index is 12.7. The van der Waals surface area contributed by atoms with E-state index in [9.17, 15) is 14.7 Å². The van der Waals surface area contributed by atoms with Crippen LogP contribution in [0, 0.1) is 0 Å². The quantitative estimate of drug-likeness (QED) is 0.533. The van der Waals surface area contributed by atoms with Crippen molar-refractivity contribution in [2.45, 2.75) is 46.2 Å². The monoisotopic (exact) mass is 430 g/mol. The highest BCUT2D eigenvalue weighted by atomic mass is 16.5. The minimum Gasteiger partial charge on any atom is -0.504 e. The molecule has 2 heterocycles. The molecular formula is C23H30N2O6. The van der Waals surface area contributed by atoms with Gasteiger partial charge in [0.1, 0.15) is 5.56 Å². The molecule has 2 aromatic rings. The summed E-state index contributed by atoms with van der Waals surface area (Å²) in [6.07, 6.45) is 2.23. The van der Waals surface area contributed by atoms with Crippen molar-refractivity contribution in [1.82, 2.24) is 4.68 Å². The summed E-state index contributed by atoms with van der Waals surface area (Å²) < 4.78 is 17.6. The van der Waals surface area contributed by atoms with Gasteiger partial charge in [-0.1, -0.05) is 0 Å². The second kappa shape index (κ2) is 9.01. The SMILES string of the molecule is CCOC(=O)c1cn2c(cc1=O)-c1cc(O)c(OCCCOC)cc1CN2C(C)(C)C. The number of nitrogens with zero attached hydrogens (tertiary/aromatic N) is 2. The Morgan fingerprint density at radius 2 is 1.94 bits per heavy atom. The van der Waals surface area contributed by atoms with Crippen LogP contribution in [0.15, 0.2) is 29.2 Å². The van der Waals surface area contributed by atoms with Crippen LogP contribution in [0.5, 0.6) is 11.5 Å². The number of benzene rings is 1. The molecule has 0 aliphatic carbocycles. The van der Waals surface area contributed by atoms with Gasteiger partial charge < -0.3 is 24.3 Å². The minimum absolute atomic E-state index is 0.00570. The van der Waals surface area contributed by atoms with Gasteiger partial charge >= 0.3 is 5.97 Å². The van der Waals surface area contributed by atoms with Crippen LogP contribution in [0.25, 0.3) is 11.3 Å². The molecule has 0 saturated carbocycles. The number of aromatic nitrogens is 1. The van der Waals surface area contributed by atoms with Gasteiger partial charge in [0.25, 0.3) is 0 Å². The van der Waals surface area contributed by atoms with Gasteiger partial charge in [0.15, 0.2) is 16.9 Å². The summed E-state index contributed by atoms with van der Waals surface area (Å²) >= 11 is 0. The zero-order valence-electron chi connectivity index (χ0n) is 18.7. The predicted molar refractivity (Wildman–Crippen MR) is 117 cm³/mol. The number of fused-ring (bicyclic) bond motifs is 3. The Morgan fingerprint density at radius 1 is 1.19 bits per heavy atom. The first-order valence-electron chi connectivity index (χ1n) is 10.4. The van der Waals surface area contributed by atoms with E-state index in [1.54, 1.807) is 24.8 Å².